The first-order valence-corrected chi connectivity index (χ1v) is 9.18. The maximum Gasteiger partial charge on any atom is 0.225 e. The summed E-state index contributed by atoms with van der Waals surface area (Å²) in [6.45, 7) is 0. The van der Waals surface area contributed by atoms with E-state index in [0.29, 0.717) is 18.7 Å². The van der Waals surface area contributed by atoms with Crippen LogP contribution in [-0.2, 0) is 11.2 Å². The smallest absolute Gasteiger partial charge is 0.225 e. The molecule has 138 valence electrons. The van der Waals surface area contributed by atoms with E-state index in [1.165, 1.54) is 0 Å². The van der Waals surface area contributed by atoms with E-state index in [1.807, 2.05) is 66.7 Å². The molecule has 5 nitrogen and oxygen atoms in total. The zero-order valence-electron chi connectivity index (χ0n) is 15.3. The van der Waals surface area contributed by atoms with Crippen LogP contribution in [0, 0.1) is 0 Å². The van der Waals surface area contributed by atoms with Crippen LogP contribution >= 0.6 is 0 Å². The summed E-state index contributed by atoms with van der Waals surface area (Å²) in [5, 5.41) is 7.25. The second-order valence-corrected chi connectivity index (χ2v) is 6.47. The highest BCUT2D eigenvalue weighted by Crippen LogP contribution is 2.24. The minimum Gasteiger partial charge on any atom is -0.352 e. The van der Waals surface area contributed by atoms with Crippen LogP contribution in [0.2, 0.25) is 0 Å². The van der Waals surface area contributed by atoms with E-state index in [0.717, 1.165) is 27.8 Å². The van der Waals surface area contributed by atoms with E-state index in [-0.39, 0.29) is 5.91 Å². The number of amides is 1. The highest BCUT2D eigenvalue weighted by molar-refractivity contribution is 5.92. The summed E-state index contributed by atoms with van der Waals surface area (Å²) in [7, 11) is 0. The first-order chi connectivity index (χ1) is 13.8. The van der Waals surface area contributed by atoms with Crippen LogP contribution in [0.15, 0.2) is 85.2 Å². The normalized spacial score (nSPS) is 10.6. The van der Waals surface area contributed by atoms with Crippen LogP contribution in [0.25, 0.3) is 10.9 Å². The fourth-order valence-corrected chi connectivity index (χ4v) is 3.01. The summed E-state index contributed by atoms with van der Waals surface area (Å²) in [6.07, 6.45) is 4.61. The molecule has 0 radical (unpaired) electrons. The number of rotatable bonds is 6. The molecular weight excluding hydrogens is 348 g/mol. The third-order valence-corrected chi connectivity index (χ3v) is 4.43. The van der Waals surface area contributed by atoms with Gasteiger partial charge in [-0.2, -0.15) is 0 Å². The van der Waals surface area contributed by atoms with E-state index >= 15 is 0 Å². The van der Waals surface area contributed by atoms with E-state index < -0.39 is 0 Å². The van der Waals surface area contributed by atoms with Gasteiger partial charge in [-0.05, 0) is 36.2 Å². The van der Waals surface area contributed by atoms with Crippen LogP contribution in [0.3, 0.4) is 0 Å². The van der Waals surface area contributed by atoms with Gasteiger partial charge in [-0.1, -0.05) is 48.5 Å². The molecule has 0 fully saturated rings. The molecule has 0 aliphatic carbocycles. The molecular formula is C23H20N4O. The largest absolute Gasteiger partial charge is 0.352 e. The topological polar surface area (TPSA) is 66.9 Å². The van der Waals surface area contributed by atoms with E-state index in [2.05, 4.69) is 20.6 Å². The molecule has 0 bridgehead atoms. The van der Waals surface area contributed by atoms with Gasteiger partial charge in [0.2, 0.25) is 5.91 Å². The van der Waals surface area contributed by atoms with Crippen molar-refractivity contribution in [3.63, 3.8) is 0 Å². The average Bonchev–Trinajstić information content (AvgIpc) is 2.75. The number of carbonyl (C=O) groups excluding carboxylic acids is 1. The van der Waals surface area contributed by atoms with Gasteiger partial charge in [-0.15, -0.1) is 0 Å². The lowest BCUT2D eigenvalue weighted by Crippen LogP contribution is -2.13. The Kier molecular flexibility index (Phi) is 5.24. The highest BCUT2D eigenvalue weighted by atomic mass is 16.1. The lowest BCUT2D eigenvalue weighted by Gasteiger charge is -2.10. The molecule has 28 heavy (non-hydrogen) atoms. The van der Waals surface area contributed by atoms with Crippen LogP contribution in [-0.4, -0.2) is 15.9 Å². The number of para-hydroxylation sites is 1. The molecule has 4 aromatic rings. The molecule has 2 aromatic heterocycles. The van der Waals surface area contributed by atoms with Gasteiger partial charge in [-0.3, -0.25) is 9.78 Å². The first-order valence-electron chi connectivity index (χ1n) is 9.18. The van der Waals surface area contributed by atoms with Crippen molar-refractivity contribution in [2.24, 2.45) is 0 Å². The van der Waals surface area contributed by atoms with Crippen LogP contribution in [0.1, 0.15) is 12.0 Å². The maximum absolute atomic E-state index is 12.1. The monoisotopic (exact) mass is 368 g/mol. The van der Waals surface area contributed by atoms with Crippen molar-refractivity contribution in [3.05, 3.63) is 90.8 Å². The SMILES string of the molecule is O=C(CCc1ccccc1)Nc1ccc(Nc2cccc3cccnc23)cn1. The molecule has 0 aliphatic heterocycles. The zero-order valence-corrected chi connectivity index (χ0v) is 15.3. The van der Waals surface area contributed by atoms with Gasteiger partial charge >= 0.3 is 0 Å². The van der Waals surface area contributed by atoms with Gasteiger partial charge in [0.05, 0.1) is 23.1 Å². The first kappa shape index (κ1) is 17.7. The summed E-state index contributed by atoms with van der Waals surface area (Å²) < 4.78 is 0. The number of pyridine rings is 2. The standard InChI is InChI=1S/C23H20N4O/c28-22(14-11-17-6-2-1-3-7-17)27-21-13-12-19(16-25-21)26-20-10-4-8-18-9-5-15-24-23(18)20/h1-10,12-13,15-16,26H,11,14H2,(H,25,27,28). The number of carbonyl (C=O) groups is 1. The molecule has 0 aliphatic rings. The Morgan fingerprint density at radius 3 is 2.54 bits per heavy atom. The van der Waals surface area contributed by atoms with Crippen molar-refractivity contribution >= 4 is 34.0 Å². The summed E-state index contributed by atoms with van der Waals surface area (Å²) in [5.41, 5.74) is 3.80. The lowest BCUT2D eigenvalue weighted by atomic mass is 10.1. The summed E-state index contributed by atoms with van der Waals surface area (Å²) >= 11 is 0. The molecule has 0 atom stereocenters. The van der Waals surface area contributed by atoms with Crippen molar-refractivity contribution in [2.45, 2.75) is 12.8 Å². The third-order valence-electron chi connectivity index (χ3n) is 4.43. The molecule has 2 heterocycles. The van der Waals surface area contributed by atoms with E-state index in [4.69, 9.17) is 0 Å². The molecule has 0 unspecified atom stereocenters. The van der Waals surface area contributed by atoms with E-state index in [9.17, 15) is 4.79 Å². The predicted molar refractivity (Wildman–Crippen MR) is 113 cm³/mol. The van der Waals surface area contributed by atoms with Gasteiger partial charge in [0.15, 0.2) is 0 Å². The number of hydrogen-bond acceptors (Lipinski definition) is 4. The molecule has 4 rings (SSSR count). The number of nitrogens with zero attached hydrogens (tertiary/aromatic N) is 2. The number of anilines is 3. The van der Waals surface area contributed by atoms with Gasteiger partial charge in [0.1, 0.15) is 5.82 Å². The molecule has 1 amide bonds. The van der Waals surface area contributed by atoms with Crippen LogP contribution < -0.4 is 10.6 Å². The van der Waals surface area contributed by atoms with Gasteiger partial charge < -0.3 is 10.6 Å². The minimum atomic E-state index is -0.0460. The number of hydrogen-bond donors (Lipinski definition) is 2. The Morgan fingerprint density at radius 2 is 1.71 bits per heavy atom. The van der Waals surface area contributed by atoms with E-state index in [1.54, 1.807) is 18.5 Å². The fourth-order valence-electron chi connectivity index (χ4n) is 3.01. The third kappa shape index (κ3) is 4.32. The summed E-state index contributed by atoms with van der Waals surface area (Å²) in [6, 6.07) is 23.6. The zero-order chi connectivity index (χ0) is 19.2. The summed E-state index contributed by atoms with van der Waals surface area (Å²) in [4.78, 5) is 20.9. The second kappa shape index (κ2) is 8.31. The fraction of sp³-hybridized carbons (Fsp3) is 0.0870. The second-order valence-electron chi connectivity index (χ2n) is 6.47. The quantitative estimate of drug-likeness (QED) is 0.506. The Morgan fingerprint density at radius 1 is 0.857 bits per heavy atom. The van der Waals surface area contributed by atoms with Gasteiger partial charge in [-0.25, -0.2) is 4.98 Å². The Bertz CT molecular complexity index is 1070. The Balaban J connectivity index is 1.37. The van der Waals surface area contributed by atoms with Crippen molar-refractivity contribution in [3.8, 4) is 0 Å². The molecule has 0 saturated heterocycles. The predicted octanol–water partition coefficient (Wildman–Crippen LogP) is 4.94. The molecule has 5 heteroatoms. The van der Waals surface area contributed by atoms with Crippen LogP contribution in [0.5, 0.6) is 0 Å². The average molecular weight is 368 g/mol. The number of aromatic nitrogens is 2. The number of benzene rings is 2. The number of nitrogens with one attached hydrogen (secondary N) is 2. The Hall–Kier alpha value is -3.73. The molecule has 2 aromatic carbocycles. The van der Waals surface area contributed by atoms with Crippen molar-refractivity contribution < 1.29 is 4.79 Å². The molecule has 0 spiro atoms. The highest BCUT2D eigenvalue weighted by Gasteiger charge is 2.06. The van der Waals surface area contributed by atoms with Gasteiger partial charge in [0, 0.05) is 18.0 Å². The van der Waals surface area contributed by atoms with Crippen molar-refractivity contribution in [1.29, 1.82) is 0 Å². The minimum absolute atomic E-state index is 0.0460. The lowest BCUT2D eigenvalue weighted by molar-refractivity contribution is -0.116. The van der Waals surface area contributed by atoms with Crippen LogP contribution in [0.4, 0.5) is 17.2 Å². The van der Waals surface area contributed by atoms with Crippen molar-refractivity contribution in [2.75, 3.05) is 10.6 Å². The number of fused-ring (bicyclic) bond motifs is 1. The van der Waals surface area contributed by atoms with Crippen molar-refractivity contribution in [1.82, 2.24) is 9.97 Å². The summed E-state index contributed by atoms with van der Waals surface area (Å²) in [5.74, 6) is 0.495. The molecule has 2 N–H and O–H groups in total. The number of aryl methyl sites for hydroxylation is 1. The Labute approximate surface area is 163 Å². The maximum atomic E-state index is 12.1. The molecule has 0 saturated carbocycles. The van der Waals surface area contributed by atoms with Gasteiger partial charge in [0.25, 0.3) is 0 Å².